The number of aliphatic hydroxyl groups is 1. The van der Waals surface area contributed by atoms with Gasteiger partial charge < -0.3 is 0 Å². The summed E-state index contributed by atoms with van der Waals surface area (Å²) in [6.45, 7) is 7.45. The van der Waals surface area contributed by atoms with Crippen molar-refractivity contribution < 1.29 is 14.6 Å². The molecule has 0 unspecified atom stereocenters. The van der Waals surface area contributed by atoms with Crippen molar-refractivity contribution in [2.24, 2.45) is 0 Å². The van der Waals surface area contributed by atoms with Crippen molar-refractivity contribution in [3.05, 3.63) is 108 Å². The van der Waals surface area contributed by atoms with Gasteiger partial charge in [0.15, 0.2) is 0 Å². The molecule has 0 heterocycles. The number of methoxy groups -OCH3 is 1. The molecule has 0 bridgehead atoms. The van der Waals surface area contributed by atoms with E-state index >= 15 is 0 Å². The summed E-state index contributed by atoms with van der Waals surface area (Å²) in [5, 5.41) is 16.8. The van der Waals surface area contributed by atoms with Gasteiger partial charge in [0.05, 0.1) is 0 Å². The van der Waals surface area contributed by atoms with Crippen LogP contribution in [0, 0.1) is 0 Å². The molecular formula is C36H53NO3Sn. The van der Waals surface area contributed by atoms with Gasteiger partial charge in [-0.15, -0.1) is 0 Å². The van der Waals surface area contributed by atoms with E-state index in [0.717, 1.165) is 16.7 Å². The Morgan fingerprint density at radius 3 is 1.41 bits per heavy atom. The second kappa shape index (κ2) is 18.1. The fourth-order valence-electron chi connectivity index (χ4n) is 6.39. The maximum absolute atomic E-state index is 12.7. The monoisotopic (exact) mass is 667 g/mol. The fourth-order valence-corrected chi connectivity index (χ4v) is 23.1. The molecule has 41 heavy (non-hydrogen) atoms. The second-order valence-corrected chi connectivity index (χ2v) is 25.2. The van der Waals surface area contributed by atoms with Gasteiger partial charge in [0.1, 0.15) is 0 Å². The van der Waals surface area contributed by atoms with Crippen LogP contribution in [0.25, 0.3) is 0 Å². The van der Waals surface area contributed by atoms with Crippen LogP contribution in [0.2, 0.25) is 13.3 Å². The molecule has 0 amide bonds. The van der Waals surface area contributed by atoms with Gasteiger partial charge in [-0.2, -0.15) is 0 Å². The molecule has 3 rings (SSSR count). The molecule has 3 aromatic carbocycles. The molecule has 4 nitrogen and oxygen atoms in total. The van der Waals surface area contributed by atoms with Crippen molar-refractivity contribution in [2.45, 2.75) is 88.3 Å². The molecule has 0 fully saturated rings. The third kappa shape index (κ3) is 8.90. The Labute approximate surface area is 253 Å². The first-order valence-corrected chi connectivity index (χ1v) is 23.5. The number of rotatable bonds is 20. The van der Waals surface area contributed by atoms with Crippen molar-refractivity contribution in [3.63, 3.8) is 0 Å². The van der Waals surface area contributed by atoms with Crippen molar-refractivity contribution in [1.29, 1.82) is 0 Å². The van der Waals surface area contributed by atoms with Gasteiger partial charge >= 0.3 is 255 Å². The number of hydrogen-bond acceptors (Lipinski definition) is 4. The molecule has 0 aromatic heterocycles. The van der Waals surface area contributed by atoms with Crippen molar-refractivity contribution in [1.82, 2.24) is 5.32 Å². The maximum atomic E-state index is 12.7. The molecule has 0 saturated carbocycles. The van der Waals surface area contributed by atoms with Gasteiger partial charge in [-0.25, -0.2) is 0 Å². The second-order valence-electron chi connectivity index (χ2n) is 11.5. The van der Waals surface area contributed by atoms with Gasteiger partial charge in [0.2, 0.25) is 0 Å². The van der Waals surface area contributed by atoms with Crippen LogP contribution < -0.4 is 5.32 Å². The SMILES string of the molecule is CCC[CH2][Sn]([CH2]CCC)([CH2]CCC)[C@@H](O)[C@@H](COCOC)NC(c1ccccc1)(c1ccccc1)c1ccccc1. The van der Waals surface area contributed by atoms with Crippen LogP contribution in [0.15, 0.2) is 91.0 Å². The quantitative estimate of drug-likeness (QED) is 0.0552. The van der Waals surface area contributed by atoms with Crippen LogP contribution in [0.1, 0.15) is 76.0 Å². The molecule has 5 heteroatoms. The van der Waals surface area contributed by atoms with Crippen LogP contribution >= 0.6 is 0 Å². The van der Waals surface area contributed by atoms with Crippen LogP contribution in [-0.2, 0) is 15.0 Å². The zero-order valence-electron chi connectivity index (χ0n) is 25.9. The zero-order chi connectivity index (χ0) is 29.4. The van der Waals surface area contributed by atoms with Gasteiger partial charge in [-0.1, -0.05) is 0 Å². The summed E-state index contributed by atoms with van der Waals surface area (Å²) < 4.78 is 14.7. The third-order valence-electron chi connectivity index (χ3n) is 8.61. The van der Waals surface area contributed by atoms with E-state index in [9.17, 15) is 5.11 Å². The Morgan fingerprint density at radius 2 is 1.07 bits per heavy atom. The summed E-state index contributed by atoms with van der Waals surface area (Å²) in [4.78, 5) is 0. The number of unbranched alkanes of at least 4 members (excludes halogenated alkanes) is 3. The minimum absolute atomic E-state index is 0.210. The summed E-state index contributed by atoms with van der Waals surface area (Å²) >= 11 is -3.10. The predicted molar refractivity (Wildman–Crippen MR) is 175 cm³/mol. The first-order chi connectivity index (χ1) is 20.1. The summed E-state index contributed by atoms with van der Waals surface area (Å²) in [5.41, 5.74) is 2.79. The number of nitrogens with one attached hydrogen (secondary N) is 1. The minimum atomic E-state index is -3.10. The van der Waals surface area contributed by atoms with Gasteiger partial charge in [0.25, 0.3) is 0 Å². The summed E-state index contributed by atoms with van der Waals surface area (Å²) in [6, 6.07) is 31.8. The van der Waals surface area contributed by atoms with E-state index in [0.29, 0.717) is 6.61 Å². The van der Waals surface area contributed by atoms with Crippen LogP contribution in [0.5, 0.6) is 0 Å². The van der Waals surface area contributed by atoms with Crippen molar-refractivity contribution in [2.75, 3.05) is 20.5 Å². The Hall–Kier alpha value is -1.70. The summed E-state index contributed by atoms with van der Waals surface area (Å²) in [6.07, 6.45) is 7.12. The van der Waals surface area contributed by atoms with E-state index in [1.54, 1.807) is 7.11 Å². The van der Waals surface area contributed by atoms with Gasteiger partial charge in [-0.3, -0.25) is 0 Å². The van der Waals surface area contributed by atoms with E-state index in [1.165, 1.54) is 51.8 Å². The first-order valence-electron chi connectivity index (χ1n) is 15.8. The summed E-state index contributed by atoms with van der Waals surface area (Å²) in [7, 11) is 1.66. The Bertz CT molecular complexity index is 961. The van der Waals surface area contributed by atoms with E-state index in [4.69, 9.17) is 9.47 Å². The van der Waals surface area contributed by atoms with E-state index in [1.807, 2.05) is 0 Å². The predicted octanol–water partition coefficient (Wildman–Crippen LogP) is 8.31. The Kier molecular flexibility index (Phi) is 14.9. The fraction of sp³-hybridized carbons (Fsp3) is 0.500. The van der Waals surface area contributed by atoms with Crippen molar-refractivity contribution in [3.8, 4) is 0 Å². The standard InChI is InChI=1S/C24H26NO3.3C4H9.Sn/c1-27-19-28-18-23(17-26)25-24(20-11-5-2-6-12-20,21-13-7-3-8-14-21)22-15-9-4-10-16-22;3*1-3-4-2;/h2-17,23,25-26H,18-19H2,1H3;3*1,3-4H2,2H3;/t23-;;;;/m0..../s1. The number of aliphatic hydroxyl groups excluding tert-OH is 1. The number of hydrogen-bond donors (Lipinski definition) is 2. The number of ether oxygens (including phenoxy) is 2. The molecule has 224 valence electrons. The zero-order valence-corrected chi connectivity index (χ0v) is 28.7. The average molecular weight is 667 g/mol. The van der Waals surface area contributed by atoms with E-state index < -0.39 is 23.9 Å². The molecule has 0 aliphatic heterocycles. The Balaban J connectivity index is 2.22. The van der Waals surface area contributed by atoms with Crippen molar-refractivity contribution >= 4 is 18.4 Å². The van der Waals surface area contributed by atoms with Crippen LogP contribution in [0.3, 0.4) is 0 Å². The molecule has 3 aromatic rings. The number of benzene rings is 3. The van der Waals surface area contributed by atoms with Gasteiger partial charge in [0, 0.05) is 0 Å². The molecule has 0 aliphatic carbocycles. The van der Waals surface area contributed by atoms with Gasteiger partial charge in [-0.05, 0) is 0 Å². The molecular weight excluding hydrogens is 613 g/mol. The Morgan fingerprint density at radius 1 is 0.683 bits per heavy atom. The molecule has 2 atom stereocenters. The average Bonchev–Trinajstić information content (AvgIpc) is 3.03. The topological polar surface area (TPSA) is 50.7 Å². The molecule has 0 spiro atoms. The molecule has 0 radical (unpaired) electrons. The first kappa shape index (κ1) is 33.8. The molecule has 0 aliphatic rings. The van der Waals surface area contributed by atoms with Crippen LogP contribution in [-0.4, -0.2) is 54.2 Å². The molecule has 2 N–H and O–H groups in total. The normalized spacial score (nSPS) is 13.7. The van der Waals surface area contributed by atoms with E-state index in [-0.39, 0.29) is 17.0 Å². The third-order valence-corrected chi connectivity index (χ3v) is 24.9. The summed E-state index contributed by atoms with van der Waals surface area (Å²) in [5.74, 6) is 0. The molecule has 0 saturated heterocycles. The van der Waals surface area contributed by atoms with Crippen LogP contribution in [0.4, 0.5) is 0 Å². The van der Waals surface area contributed by atoms with E-state index in [2.05, 4.69) is 117 Å².